The van der Waals surface area contributed by atoms with E-state index in [1.165, 1.54) is 4.67 Å². The molecule has 90 valence electrons. The molecule has 0 aliphatic heterocycles. The van der Waals surface area contributed by atoms with E-state index < -0.39 is 12.2 Å². The number of hydrogen-bond acceptors (Lipinski definition) is 4. The van der Waals surface area contributed by atoms with Crippen LogP contribution >= 0.6 is 17.8 Å². The van der Waals surface area contributed by atoms with E-state index in [1.54, 1.807) is 13.8 Å². The maximum atomic E-state index is 10.2. The van der Waals surface area contributed by atoms with E-state index in [9.17, 15) is 9.79 Å². The van der Waals surface area contributed by atoms with Crippen LogP contribution in [0.5, 0.6) is 0 Å². The average molecular weight is 255 g/mol. The Bertz CT molecular complexity index is 255. The molecule has 0 radical (unpaired) electrons. The van der Waals surface area contributed by atoms with E-state index in [2.05, 4.69) is 0 Å². The quantitative estimate of drug-likeness (QED) is 0.740. The van der Waals surface area contributed by atoms with Crippen LogP contribution in [-0.4, -0.2) is 32.7 Å². The van der Waals surface area contributed by atoms with Crippen LogP contribution in [0, 0.1) is 11.3 Å². The number of halogens is 1. The fourth-order valence-electron chi connectivity index (χ4n) is 1.33. The molecule has 6 heteroatoms. The molecule has 0 heterocycles. The van der Waals surface area contributed by atoms with Crippen molar-refractivity contribution in [3.05, 3.63) is 0 Å². The summed E-state index contributed by atoms with van der Waals surface area (Å²) in [5.74, 6) is 0. The van der Waals surface area contributed by atoms with Gasteiger partial charge in [0.1, 0.15) is 0 Å². The van der Waals surface area contributed by atoms with Crippen LogP contribution in [0.4, 0.5) is 0 Å². The SMILES string of the molecule is CC(C)N(CCC#N)P(O)(O)(Cl)C(C)C. The Hall–Kier alpha value is 0.0900. The van der Waals surface area contributed by atoms with Crippen LogP contribution in [0.15, 0.2) is 0 Å². The molecule has 0 fully saturated rings. The Labute approximate surface area is 96.4 Å². The van der Waals surface area contributed by atoms with E-state index in [4.69, 9.17) is 16.5 Å². The molecule has 0 aromatic rings. The third-order valence-electron chi connectivity index (χ3n) is 2.41. The van der Waals surface area contributed by atoms with Gasteiger partial charge in [-0.1, -0.05) is 0 Å². The summed E-state index contributed by atoms with van der Waals surface area (Å²) in [6.07, 6.45) is 0.233. The van der Waals surface area contributed by atoms with Gasteiger partial charge in [0.05, 0.1) is 0 Å². The molecule has 0 aliphatic carbocycles. The molecule has 0 aliphatic rings. The molecule has 2 N–H and O–H groups in total. The zero-order valence-electron chi connectivity index (χ0n) is 9.68. The first kappa shape index (κ1) is 15.1. The standard InChI is InChI=1S/C9H20ClN2O2P/c1-8(2)12(7-5-6-11)15(10,13,14)9(3)4/h8-9,13-14H,5,7H2,1-4H3. The number of hydrogen-bond donors (Lipinski definition) is 2. The molecule has 0 aromatic heterocycles. The van der Waals surface area contributed by atoms with Gasteiger partial charge in [0.2, 0.25) is 0 Å². The van der Waals surface area contributed by atoms with E-state index in [0.717, 1.165) is 0 Å². The number of rotatable bonds is 5. The van der Waals surface area contributed by atoms with Gasteiger partial charge in [0.15, 0.2) is 0 Å². The summed E-state index contributed by atoms with van der Waals surface area (Å²) in [5.41, 5.74) is -0.446. The molecule has 0 saturated heterocycles. The topological polar surface area (TPSA) is 67.5 Å². The summed E-state index contributed by atoms with van der Waals surface area (Å²) in [7, 11) is 0. The zero-order valence-corrected chi connectivity index (χ0v) is 11.3. The molecule has 0 unspecified atom stereocenters. The number of nitrogens with zero attached hydrogens (tertiary/aromatic N) is 2. The Balaban J connectivity index is 4.99. The fourth-order valence-corrected chi connectivity index (χ4v) is 4.00. The van der Waals surface area contributed by atoms with E-state index in [-0.39, 0.29) is 19.0 Å². The predicted molar refractivity (Wildman–Crippen MR) is 64.4 cm³/mol. The third-order valence-corrected chi connectivity index (χ3v) is 7.55. The van der Waals surface area contributed by atoms with Gasteiger partial charge in [-0.25, -0.2) is 0 Å². The zero-order chi connectivity index (χ0) is 12.3. The predicted octanol–water partition coefficient (Wildman–Crippen LogP) is 2.46. The summed E-state index contributed by atoms with van der Waals surface area (Å²) in [6.45, 7) is 2.95. The van der Waals surface area contributed by atoms with Crippen LogP contribution in [0.25, 0.3) is 0 Å². The monoisotopic (exact) mass is 254 g/mol. The van der Waals surface area contributed by atoms with Crippen LogP contribution in [0.3, 0.4) is 0 Å². The average Bonchev–Trinajstić information content (AvgIpc) is 2.02. The van der Waals surface area contributed by atoms with Crippen molar-refractivity contribution in [1.82, 2.24) is 4.67 Å². The van der Waals surface area contributed by atoms with Gasteiger partial charge >= 0.3 is 96.0 Å². The summed E-state index contributed by atoms with van der Waals surface area (Å²) < 4.78 is 1.45. The van der Waals surface area contributed by atoms with Crippen molar-refractivity contribution in [1.29, 1.82) is 5.26 Å². The van der Waals surface area contributed by atoms with E-state index in [0.29, 0.717) is 0 Å². The van der Waals surface area contributed by atoms with E-state index >= 15 is 0 Å². The van der Waals surface area contributed by atoms with Crippen LogP contribution in [0.1, 0.15) is 34.1 Å². The molecule has 4 nitrogen and oxygen atoms in total. The second kappa shape index (κ2) is 4.95. The molecule has 0 spiro atoms. The Morgan fingerprint density at radius 3 is 2.07 bits per heavy atom. The van der Waals surface area contributed by atoms with Gasteiger partial charge in [0.25, 0.3) is 0 Å². The van der Waals surface area contributed by atoms with Crippen molar-refractivity contribution in [3.63, 3.8) is 0 Å². The maximum absolute atomic E-state index is 10.2. The first-order valence-electron chi connectivity index (χ1n) is 4.99. The molecule has 0 amide bonds. The van der Waals surface area contributed by atoms with Crippen molar-refractivity contribution >= 4 is 17.8 Å². The Morgan fingerprint density at radius 2 is 1.80 bits per heavy atom. The van der Waals surface area contributed by atoms with Gasteiger partial charge < -0.3 is 0 Å². The minimum atomic E-state index is -4.33. The molecular formula is C9H20ClN2O2P. The van der Waals surface area contributed by atoms with Crippen molar-refractivity contribution < 1.29 is 9.79 Å². The second-order valence-corrected chi connectivity index (χ2v) is 9.57. The van der Waals surface area contributed by atoms with Gasteiger partial charge in [-0.3, -0.25) is 0 Å². The Morgan fingerprint density at radius 1 is 1.33 bits per heavy atom. The summed E-state index contributed by atoms with van der Waals surface area (Å²) in [6, 6.07) is 1.87. The first-order chi connectivity index (χ1) is 6.62. The van der Waals surface area contributed by atoms with Gasteiger partial charge in [0, 0.05) is 0 Å². The molecule has 0 saturated carbocycles. The number of nitriles is 1. The van der Waals surface area contributed by atoms with Gasteiger partial charge in [-0.15, -0.1) is 0 Å². The van der Waals surface area contributed by atoms with Crippen LogP contribution in [-0.2, 0) is 0 Å². The van der Waals surface area contributed by atoms with Crippen LogP contribution in [0.2, 0.25) is 0 Å². The summed E-state index contributed by atoms with van der Waals surface area (Å²) in [5, 5.41) is 8.52. The van der Waals surface area contributed by atoms with Gasteiger partial charge in [-0.2, -0.15) is 0 Å². The fraction of sp³-hybridized carbons (Fsp3) is 0.889. The normalized spacial score (nSPS) is 15.4. The van der Waals surface area contributed by atoms with Gasteiger partial charge in [-0.05, 0) is 0 Å². The second-order valence-electron chi connectivity index (χ2n) is 4.20. The molecule has 0 bridgehead atoms. The Kier molecular flexibility index (Phi) is 4.98. The molecule has 0 rings (SSSR count). The van der Waals surface area contributed by atoms with Crippen molar-refractivity contribution in [3.8, 4) is 6.07 Å². The van der Waals surface area contributed by atoms with Crippen molar-refractivity contribution in [2.75, 3.05) is 6.54 Å². The minimum absolute atomic E-state index is 0.106. The van der Waals surface area contributed by atoms with Crippen molar-refractivity contribution in [2.24, 2.45) is 0 Å². The third kappa shape index (κ3) is 3.55. The molecule has 0 atom stereocenters. The first-order valence-corrected chi connectivity index (χ1v) is 8.06. The summed E-state index contributed by atoms with van der Waals surface area (Å²) in [4.78, 5) is 20.4. The molecule has 15 heavy (non-hydrogen) atoms. The molecule has 0 aromatic carbocycles. The van der Waals surface area contributed by atoms with Crippen molar-refractivity contribution in [2.45, 2.75) is 45.8 Å². The van der Waals surface area contributed by atoms with Crippen LogP contribution < -0.4 is 0 Å². The summed E-state index contributed by atoms with van der Waals surface area (Å²) >= 11 is 5.98. The van der Waals surface area contributed by atoms with E-state index in [1.807, 2.05) is 19.9 Å². The molecular weight excluding hydrogens is 235 g/mol.